The third kappa shape index (κ3) is 6.17. The first-order valence-electron chi connectivity index (χ1n) is 10.7. The molecule has 0 aromatic heterocycles. The lowest BCUT2D eigenvalue weighted by Crippen LogP contribution is -2.30. The van der Waals surface area contributed by atoms with Crippen molar-refractivity contribution in [3.63, 3.8) is 0 Å². The van der Waals surface area contributed by atoms with Crippen molar-refractivity contribution in [1.82, 2.24) is 9.80 Å². The van der Waals surface area contributed by atoms with Crippen molar-refractivity contribution in [1.29, 1.82) is 0 Å². The molecular formula is C26H28N2O3. The third-order valence-electron chi connectivity index (χ3n) is 5.60. The molecule has 0 saturated carbocycles. The fourth-order valence-corrected chi connectivity index (χ4v) is 3.90. The number of hydrogen-bond donors (Lipinski definition) is 1. The standard InChI is InChI=1S/C26H28N2O3/c29-26(30)23-11-7-21(8-12-23)19-27-15-4-16-28(18-17-27)20-22-9-13-25(14-10-22)31-24-5-2-1-3-6-24/h1-3,5-14H,4,15-20H2,(H,29,30). The van der Waals surface area contributed by atoms with E-state index in [1.165, 1.54) is 5.56 Å². The third-order valence-corrected chi connectivity index (χ3v) is 5.60. The number of rotatable bonds is 7. The quantitative estimate of drug-likeness (QED) is 0.595. The lowest BCUT2D eigenvalue weighted by molar-refractivity contribution is 0.0697. The van der Waals surface area contributed by atoms with Crippen LogP contribution in [0.3, 0.4) is 0 Å². The zero-order valence-corrected chi connectivity index (χ0v) is 17.6. The molecule has 3 aromatic rings. The minimum Gasteiger partial charge on any atom is -0.478 e. The molecule has 0 unspecified atom stereocenters. The van der Waals surface area contributed by atoms with Crippen molar-refractivity contribution in [3.05, 3.63) is 95.6 Å². The maximum absolute atomic E-state index is 11.0. The Balaban J connectivity index is 1.27. The Kier molecular flexibility index (Phi) is 6.97. The molecule has 0 atom stereocenters. The van der Waals surface area contributed by atoms with Crippen molar-refractivity contribution in [2.75, 3.05) is 26.2 Å². The van der Waals surface area contributed by atoms with Gasteiger partial charge in [-0.2, -0.15) is 0 Å². The van der Waals surface area contributed by atoms with Gasteiger partial charge in [0.15, 0.2) is 0 Å². The number of hydrogen-bond acceptors (Lipinski definition) is 4. The summed E-state index contributed by atoms with van der Waals surface area (Å²) >= 11 is 0. The number of carboxylic acids is 1. The van der Waals surface area contributed by atoms with E-state index in [2.05, 4.69) is 21.9 Å². The van der Waals surface area contributed by atoms with Gasteiger partial charge in [0, 0.05) is 26.2 Å². The molecule has 1 fully saturated rings. The predicted octanol–water partition coefficient (Wildman–Crippen LogP) is 4.89. The smallest absolute Gasteiger partial charge is 0.335 e. The van der Waals surface area contributed by atoms with E-state index in [-0.39, 0.29) is 0 Å². The van der Waals surface area contributed by atoms with Crippen LogP contribution in [0.2, 0.25) is 0 Å². The van der Waals surface area contributed by atoms with Gasteiger partial charge in [0.2, 0.25) is 0 Å². The summed E-state index contributed by atoms with van der Waals surface area (Å²) in [5.41, 5.74) is 2.79. The predicted molar refractivity (Wildman–Crippen MR) is 122 cm³/mol. The number of ether oxygens (including phenoxy) is 1. The van der Waals surface area contributed by atoms with Crippen LogP contribution in [0.5, 0.6) is 11.5 Å². The maximum atomic E-state index is 11.0. The van der Waals surface area contributed by atoms with Crippen molar-refractivity contribution < 1.29 is 14.6 Å². The fourth-order valence-electron chi connectivity index (χ4n) is 3.90. The topological polar surface area (TPSA) is 53.0 Å². The summed E-state index contributed by atoms with van der Waals surface area (Å²) in [7, 11) is 0. The van der Waals surface area contributed by atoms with Gasteiger partial charge in [-0.15, -0.1) is 0 Å². The first-order chi connectivity index (χ1) is 15.2. The van der Waals surface area contributed by atoms with E-state index >= 15 is 0 Å². The van der Waals surface area contributed by atoms with Gasteiger partial charge in [-0.1, -0.05) is 42.5 Å². The Bertz CT molecular complexity index is 972. The Morgan fingerprint density at radius 3 is 1.77 bits per heavy atom. The van der Waals surface area contributed by atoms with Crippen LogP contribution in [0.15, 0.2) is 78.9 Å². The monoisotopic (exact) mass is 416 g/mol. The second kappa shape index (κ2) is 10.2. The highest BCUT2D eigenvalue weighted by atomic mass is 16.5. The Morgan fingerprint density at radius 1 is 0.710 bits per heavy atom. The van der Waals surface area contributed by atoms with Gasteiger partial charge in [0.1, 0.15) is 11.5 Å². The van der Waals surface area contributed by atoms with Gasteiger partial charge >= 0.3 is 5.97 Å². The summed E-state index contributed by atoms with van der Waals surface area (Å²) in [5.74, 6) is 0.822. The number of para-hydroxylation sites is 1. The molecule has 0 spiro atoms. The van der Waals surface area contributed by atoms with Crippen LogP contribution < -0.4 is 4.74 Å². The first-order valence-corrected chi connectivity index (χ1v) is 10.7. The number of carbonyl (C=O) groups is 1. The van der Waals surface area contributed by atoms with Crippen molar-refractivity contribution in [2.24, 2.45) is 0 Å². The summed E-state index contributed by atoms with van der Waals surface area (Å²) in [6.07, 6.45) is 1.13. The number of benzene rings is 3. The van der Waals surface area contributed by atoms with Gasteiger partial charge in [-0.3, -0.25) is 9.80 Å². The number of nitrogens with zero attached hydrogens (tertiary/aromatic N) is 2. The molecule has 5 nitrogen and oxygen atoms in total. The summed E-state index contributed by atoms with van der Waals surface area (Å²) in [5, 5.41) is 9.04. The normalized spacial score (nSPS) is 15.4. The molecule has 1 heterocycles. The molecule has 1 aliphatic rings. The highest BCUT2D eigenvalue weighted by Gasteiger charge is 2.15. The minimum atomic E-state index is -0.878. The minimum absolute atomic E-state index is 0.339. The second-order valence-corrected chi connectivity index (χ2v) is 7.97. The molecule has 160 valence electrons. The van der Waals surface area contributed by atoms with Crippen LogP contribution >= 0.6 is 0 Å². The average Bonchev–Trinajstić information content (AvgIpc) is 3.01. The lowest BCUT2D eigenvalue weighted by atomic mass is 10.1. The van der Waals surface area contributed by atoms with Crippen molar-refractivity contribution in [2.45, 2.75) is 19.5 Å². The Labute approximate surface area is 183 Å². The van der Waals surface area contributed by atoms with E-state index in [1.54, 1.807) is 12.1 Å². The SMILES string of the molecule is O=C(O)c1ccc(CN2CCCN(Cc3ccc(Oc4ccccc4)cc3)CC2)cc1. The van der Waals surface area contributed by atoms with E-state index in [9.17, 15) is 4.79 Å². The van der Waals surface area contributed by atoms with E-state index in [0.29, 0.717) is 5.56 Å². The van der Waals surface area contributed by atoms with Crippen molar-refractivity contribution in [3.8, 4) is 11.5 Å². The summed E-state index contributed by atoms with van der Waals surface area (Å²) in [6.45, 7) is 5.97. The molecule has 5 heteroatoms. The molecule has 0 amide bonds. The molecule has 3 aromatic carbocycles. The highest BCUT2D eigenvalue weighted by Crippen LogP contribution is 2.22. The maximum Gasteiger partial charge on any atom is 0.335 e. The van der Waals surface area contributed by atoms with Crippen LogP contribution in [0.1, 0.15) is 27.9 Å². The molecule has 1 aliphatic heterocycles. The average molecular weight is 417 g/mol. The largest absolute Gasteiger partial charge is 0.478 e. The van der Waals surface area contributed by atoms with Gasteiger partial charge < -0.3 is 9.84 Å². The van der Waals surface area contributed by atoms with E-state index < -0.39 is 5.97 Å². The zero-order valence-electron chi connectivity index (χ0n) is 17.6. The summed E-state index contributed by atoms with van der Waals surface area (Å²) < 4.78 is 5.88. The molecule has 1 N–H and O–H groups in total. The summed E-state index contributed by atoms with van der Waals surface area (Å²) in [6, 6.07) is 25.4. The van der Waals surface area contributed by atoms with E-state index in [0.717, 1.165) is 62.8 Å². The van der Waals surface area contributed by atoms with Crippen molar-refractivity contribution >= 4 is 5.97 Å². The summed E-state index contributed by atoms with van der Waals surface area (Å²) in [4.78, 5) is 16.0. The molecule has 4 rings (SSSR count). The second-order valence-electron chi connectivity index (χ2n) is 7.97. The van der Waals surface area contributed by atoms with E-state index in [4.69, 9.17) is 9.84 Å². The van der Waals surface area contributed by atoms with Crippen LogP contribution in [0.25, 0.3) is 0 Å². The van der Waals surface area contributed by atoms with Gasteiger partial charge in [-0.25, -0.2) is 4.79 Å². The van der Waals surface area contributed by atoms with Gasteiger partial charge in [0.05, 0.1) is 5.56 Å². The molecule has 0 bridgehead atoms. The zero-order chi connectivity index (χ0) is 21.5. The van der Waals surface area contributed by atoms with Gasteiger partial charge in [0.25, 0.3) is 0 Å². The Morgan fingerprint density at radius 2 is 1.23 bits per heavy atom. The van der Waals surface area contributed by atoms with Crippen LogP contribution in [-0.4, -0.2) is 47.1 Å². The molecule has 1 saturated heterocycles. The first kappa shape index (κ1) is 21.1. The van der Waals surface area contributed by atoms with Crippen LogP contribution in [0, 0.1) is 0 Å². The molecular weight excluding hydrogens is 388 g/mol. The lowest BCUT2D eigenvalue weighted by Gasteiger charge is -2.22. The molecule has 0 radical (unpaired) electrons. The van der Waals surface area contributed by atoms with Gasteiger partial charge in [-0.05, 0) is 67.0 Å². The van der Waals surface area contributed by atoms with Crippen LogP contribution in [-0.2, 0) is 13.1 Å². The number of aromatic carboxylic acids is 1. The molecule has 31 heavy (non-hydrogen) atoms. The molecule has 0 aliphatic carbocycles. The van der Waals surface area contributed by atoms with E-state index in [1.807, 2.05) is 54.6 Å². The Hall–Kier alpha value is -3.15. The van der Waals surface area contributed by atoms with Crippen LogP contribution in [0.4, 0.5) is 0 Å². The number of carboxylic acid groups (broad SMARTS) is 1. The highest BCUT2D eigenvalue weighted by molar-refractivity contribution is 5.87. The fraction of sp³-hybridized carbons (Fsp3) is 0.269.